The minimum Gasteiger partial charge on any atom is -0.497 e. The number of halogens is 1. The fourth-order valence-corrected chi connectivity index (χ4v) is 4.15. The van der Waals surface area contributed by atoms with Crippen molar-refractivity contribution in [3.8, 4) is 5.75 Å². The summed E-state index contributed by atoms with van der Waals surface area (Å²) >= 11 is 0. The maximum Gasteiger partial charge on any atom is 0.262 e. The highest BCUT2D eigenvalue weighted by atomic mass is 19.1. The summed E-state index contributed by atoms with van der Waals surface area (Å²) in [7, 11) is 3.10. The quantitative estimate of drug-likeness (QED) is 0.449. The van der Waals surface area contributed by atoms with Gasteiger partial charge in [-0.1, -0.05) is 54.6 Å². The van der Waals surface area contributed by atoms with Gasteiger partial charge < -0.3 is 14.4 Å². The second kappa shape index (κ2) is 11.6. The minimum absolute atomic E-state index is 0.0944. The van der Waals surface area contributed by atoms with E-state index < -0.39 is 11.7 Å². The Bertz CT molecular complexity index is 1250. The third-order valence-electron chi connectivity index (χ3n) is 6.04. The lowest BCUT2D eigenvalue weighted by molar-refractivity contribution is -0.133. The van der Waals surface area contributed by atoms with Crippen molar-refractivity contribution in [3.05, 3.63) is 101 Å². The van der Waals surface area contributed by atoms with Crippen LogP contribution < -0.4 is 4.74 Å². The van der Waals surface area contributed by atoms with Gasteiger partial charge in [-0.2, -0.15) is 5.10 Å². The number of nitrogens with zero attached hydrogens (tertiary/aromatic N) is 3. The maximum atomic E-state index is 14.3. The Morgan fingerprint density at radius 1 is 1.03 bits per heavy atom. The molecule has 8 heteroatoms. The number of carbonyl (C=O) groups is 2. The summed E-state index contributed by atoms with van der Waals surface area (Å²) in [4.78, 5) is 28.0. The molecule has 186 valence electrons. The summed E-state index contributed by atoms with van der Waals surface area (Å²) in [6.45, 7) is 0.0639. The van der Waals surface area contributed by atoms with Gasteiger partial charge in [-0.25, -0.2) is 9.40 Å². The normalized spacial score (nSPS) is 14.9. The summed E-state index contributed by atoms with van der Waals surface area (Å²) in [5.74, 6) is -0.898. The van der Waals surface area contributed by atoms with Crippen molar-refractivity contribution in [2.45, 2.75) is 12.5 Å². The molecule has 36 heavy (non-hydrogen) atoms. The molecule has 4 rings (SSSR count). The van der Waals surface area contributed by atoms with Gasteiger partial charge in [0.1, 0.15) is 18.1 Å². The van der Waals surface area contributed by atoms with E-state index in [-0.39, 0.29) is 37.2 Å². The molecule has 3 aromatic rings. The molecular formula is C28H28FN3O4. The highest BCUT2D eigenvalue weighted by Crippen LogP contribution is 2.33. The van der Waals surface area contributed by atoms with Crippen LogP contribution in [0.2, 0.25) is 0 Å². The van der Waals surface area contributed by atoms with E-state index in [1.54, 1.807) is 13.2 Å². The van der Waals surface area contributed by atoms with Crippen molar-refractivity contribution in [2.75, 3.05) is 33.9 Å². The van der Waals surface area contributed by atoms with E-state index in [9.17, 15) is 14.0 Å². The predicted octanol–water partition coefficient (Wildman–Crippen LogP) is 4.30. The topological polar surface area (TPSA) is 71.4 Å². The predicted molar refractivity (Wildman–Crippen MR) is 134 cm³/mol. The van der Waals surface area contributed by atoms with Gasteiger partial charge in [0.25, 0.3) is 11.8 Å². The van der Waals surface area contributed by atoms with Gasteiger partial charge in [-0.05, 0) is 29.8 Å². The highest BCUT2D eigenvalue weighted by Gasteiger charge is 2.34. The largest absolute Gasteiger partial charge is 0.497 e. The Hall–Kier alpha value is -4.04. The highest BCUT2D eigenvalue weighted by molar-refractivity contribution is 6.04. The molecule has 0 bridgehead atoms. The van der Waals surface area contributed by atoms with Crippen molar-refractivity contribution in [2.24, 2.45) is 5.10 Å². The number of ether oxygens (including phenoxy) is 2. The maximum absolute atomic E-state index is 14.3. The number of amides is 2. The number of hydrogen-bond acceptors (Lipinski definition) is 5. The van der Waals surface area contributed by atoms with E-state index in [1.165, 1.54) is 35.2 Å². The van der Waals surface area contributed by atoms with E-state index in [0.29, 0.717) is 12.2 Å². The van der Waals surface area contributed by atoms with Gasteiger partial charge in [0, 0.05) is 25.6 Å². The number of carbonyl (C=O) groups excluding carboxylic acids is 2. The Kier molecular flexibility index (Phi) is 8.07. The fourth-order valence-electron chi connectivity index (χ4n) is 4.15. The number of methoxy groups -OCH3 is 2. The lowest BCUT2D eigenvalue weighted by atomic mass is 9.98. The van der Waals surface area contributed by atoms with Gasteiger partial charge in [0.2, 0.25) is 0 Å². The lowest BCUT2D eigenvalue weighted by Crippen LogP contribution is -2.43. The van der Waals surface area contributed by atoms with Gasteiger partial charge >= 0.3 is 0 Å². The number of rotatable bonds is 9. The molecule has 1 aliphatic rings. The smallest absolute Gasteiger partial charge is 0.262 e. The summed E-state index contributed by atoms with van der Waals surface area (Å²) in [5.41, 5.74) is 2.42. The van der Waals surface area contributed by atoms with Crippen LogP contribution in [-0.4, -0.2) is 61.4 Å². The zero-order valence-electron chi connectivity index (χ0n) is 20.3. The average Bonchev–Trinajstić information content (AvgIpc) is 3.37. The Morgan fingerprint density at radius 2 is 1.78 bits per heavy atom. The average molecular weight is 490 g/mol. The van der Waals surface area contributed by atoms with Crippen molar-refractivity contribution in [1.82, 2.24) is 9.91 Å². The van der Waals surface area contributed by atoms with Crippen LogP contribution in [0.1, 0.15) is 33.9 Å². The molecule has 0 aliphatic carbocycles. The summed E-state index contributed by atoms with van der Waals surface area (Å²) in [6.07, 6.45) is 0.502. The molecule has 0 saturated heterocycles. The third-order valence-corrected chi connectivity index (χ3v) is 6.04. The van der Waals surface area contributed by atoms with Crippen LogP contribution in [0.5, 0.6) is 5.75 Å². The molecular weight excluding hydrogens is 461 g/mol. The van der Waals surface area contributed by atoms with Gasteiger partial charge in [-0.15, -0.1) is 0 Å². The second-order valence-corrected chi connectivity index (χ2v) is 8.35. The van der Waals surface area contributed by atoms with E-state index in [4.69, 9.17) is 9.47 Å². The minimum atomic E-state index is -0.640. The van der Waals surface area contributed by atoms with Crippen LogP contribution in [-0.2, 0) is 9.53 Å². The molecule has 0 radical (unpaired) electrons. The first-order valence-corrected chi connectivity index (χ1v) is 11.6. The molecule has 2 amide bonds. The van der Waals surface area contributed by atoms with E-state index in [1.807, 2.05) is 54.6 Å². The summed E-state index contributed by atoms with van der Waals surface area (Å²) < 4.78 is 24.8. The molecule has 0 saturated carbocycles. The zero-order valence-corrected chi connectivity index (χ0v) is 20.3. The molecule has 1 aliphatic heterocycles. The van der Waals surface area contributed by atoms with Gasteiger partial charge in [0.15, 0.2) is 0 Å². The van der Waals surface area contributed by atoms with Crippen molar-refractivity contribution >= 4 is 17.5 Å². The molecule has 0 spiro atoms. The first-order valence-electron chi connectivity index (χ1n) is 11.6. The zero-order chi connectivity index (χ0) is 25.5. The van der Waals surface area contributed by atoms with Crippen LogP contribution in [0, 0.1) is 5.82 Å². The van der Waals surface area contributed by atoms with Crippen LogP contribution in [0.25, 0.3) is 0 Å². The molecule has 1 unspecified atom stereocenters. The van der Waals surface area contributed by atoms with Crippen molar-refractivity contribution < 1.29 is 23.5 Å². The van der Waals surface area contributed by atoms with Crippen molar-refractivity contribution in [1.29, 1.82) is 0 Å². The van der Waals surface area contributed by atoms with E-state index in [2.05, 4.69) is 5.10 Å². The molecule has 1 heterocycles. The first kappa shape index (κ1) is 25.1. The standard InChI is InChI=1S/C28H28FN3O4/c1-35-16-15-31(28(34)23-13-6-7-14-24(23)29)19-27(33)32-26(20-9-4-3-5-10-20)18-25(30-32)21-11-8-12-22(17-21)36-2/h3-14,17,26H,15-16,18-19H2,1-2H3. The Balaban J connectivity index is 1.63. The van der Waals surface area contributed by atoms with Crippen LogP contribution in [0.4, 0.5) is 4.39 Å². The van der Waals surface area contributed by atoms with Crippen LogP contribution in [0.3, 0.4) is 0 Å². The second-order valence-electron chi connectivity index (χ2n) is 8.35. The monoisotopic (exact) mass is 489 g/mol. The van der Waals surface area contributed by atoms with Gasteiger partial charge in [0.05, 0.1) is 31.0 Å². The SMILES string of the molecule is COCCN(CC(=O)N1N=C(c2cccc(OC)c2)CC1c1ccccc1)C(=O)c1ccccc1F. The van der Waals surface area contributed by atoms with E-state index in [0.717, 1.165) is 16.8 Å². The first-order chi connectivity index (χ1) is 17.5. The van der Waals surface area contributed by atoms with Crippen LogP contribution >= 0.6 is 0 Å². The molecule has 0 fully saturated rings. The lowest BCUT2D eigenvalue weighted by Gasteiger charge is -2.27. The Labute approximate surface area is 209 Å². The molecule has 7 nitrogen and oxygen atoms in total. The summed E-state index contributed by atoms with van der Waals surface area (Å²) in [6, 6.07) is 22.5. The van der Waals surface area contributed by atoms with E-state index >= 15 is 0 Å². The number of hydrogen-bond donors (Lipinski definition) is 0. The molecule has 1 atom stereocenters. The molecule has 3 aromatic carbocycles. The molecule has 0 N–H and O–H groups in total. The Morgan fingerprint density at radius 3 is 2.50 bits per heavy atom. The summed E-state index contributed by atoms with van der Waals surface area (Å²) in [5, 5.41) is 6.11. The molecule has 0 aromatic heterocycles. The van der Waals surface area contributed by atoms with Crippen LogP contribution in [0.15, 0.2) is 84.0 Å². The third kappa shape index (κ3) is 5.60. The number of hydrazone groups is 1. The van der Waals surface area contributed by atoms with Crippen molar-refractivity contribution in [3.63, 3.8) is 0 Å². The fraction of sp³-hybridized carbons (Fsp3) is 0.250. The van der Waals surface area contributed by atoms with Gasteiger partial charge in [-0.3, -0.25) is 9.59 Å². The number of benzene rings is 3.